The van der Waals surface area contributed by atoms with Crippen molar-refractivity contribution in [2.75, 3.05) is 7.11 Å². The molecule has 3 aromatic carbocycles. The van der Waals surface area contributed by atoms with Gasteiger partial charge in [-0.15, -0.1) is 0 Å². The number of carbonyl (C=O) groups excluding carboxylic acids is 2. The largest absolute Gasteiger partial charge is 0.489 e. The minimum absolute atomic E-state index is 0.0813. The van der Waals surface area contributed by atoms with Gasteiger partial charge in [-0.3, -0.25) is 14.9 Å². The van der Waals surface area contributed by atoms with Crippen LogP contribution in [0.15, 0.2) is 78.9 Å². The van der Waals surface area contributed by atoms with Crippen molar-refractivity contribution in [3.63, 3.8) is 0 Å². The number of hydrogen-bond acceptors (Lipinski definition) is 6. The first-order valence-corrected chi connectivity index (χ1v) is 9.85. The van der Waals surface area contributed by atoms with Crippen molar-refractivity contribution in [1.82, 2.24) is 5.32 Å². The fourth-order valence-electron chi connectivity index (χ4n) is 3.04. The van der Waals surface area contributed by atoms with Crippen molar-refractivity contribution in [2.24, 2.45) is 0 Å². The van der Waals surface area contributed by atoms with E-state index in [9.17, 15) is 19.7 Å². The molecular formula is C24H22N2O6. The van der Waals surface area contributed by atoms with E-state index in [0.717, 1.165) is 17.2 Å². The highest BCUT2D eigenvalue weighted by atomic mass is 16.6. The standard InChI is InChI=1S/C24H22N2O6/c1-31-24(28)22(25-23(27)19-8-5-9-20(15-19)26(29)30)14-17-10-12-21(13-11-17)32-16-18-6-3-2-4-7-18/h2-13,15,22H,14,16H2,1H3,(H,25,27)/t22-/m0/s1. The first-order valence-electron chi connectivity index (χ1n) is 9.85. The van der Waals surface area contributed by atoms with Gasteiger partial charge in [0, 0.05) is 24.1 Å². The van der Waals surface area contributed by atoms with E-state index in [1.165, 1.54) is 25.3 Å². The molecule has 8 heteroatoms. The van der Waals surface area contributed by atoms with E-state index in [4.69, 9.17) is 9.47 Å². The summed E-state index contributed by atoms with van der Waals surface area (Å²) in [6.45, 7) is 0.435. The quantitative estimate of drug-likeness (QED) is 0.313. The third-order valence-electron chi connectivity index (χ3n) is 4.72. The average Bonchev–Trinajstić information content (AvgIpc) is 2.83. The van der Waals surface area contributed by atoms with Gasteiger partial charge in [-0.1, -0.05) is 48.5 Å². The monoisotopic (exact) mass is 434 g/mol. The smallest absolute Gasteiger partial charge is 0.328 e. The molecule has 0 fully saturated rings. The molecular weight excluding hydrogens is 412 g/mol. The number of ether oxygens (including phenoxy) is 2. The Morgan fingerprint density at radius 3 is 2.34 bits per heavy atom. The van der Waals surface area contributed by atoms with Crippen molar-refractivity contribution >= 4 is 17.6 Å². The van der Waals surface area contributed by atoms with Crippen LogP contribution in [0.25, 0.3) is 0 Å². The minimum Gasteiger partial charge on any atom is -0.489 e. The second kappa shape index (κ2) is 10.7. The van der Waals surface area contributed by atoms with E-state index in [0.29, 0.717) is 12.4 Å². The summed E-state index contributed by atoms with van der Waals surface area (Å²) in [5.41, 5.74) is 1.70. The molecule has 0 aliphatic rings. The molecule has 0 spiro atoms. The van der Waals surface area contributed by atoms with Gasteiger partial charge in [-0.25, -0.2) is 4.79 Å². The first kappa shape index (κ1) is 22.5. The SMILES string of the molecule is COC(=O)[C@H](Cc1ccc(OCc2ccccc2)cc1)NC(=O)c1cccc([N+](=O)[O-])c1. The summed E-state index contributed by atoms with van der Waals surface area (Å²) in [5.74, 6) is -0.548. The van der Waals surface area contributed by atoms with Crippen LogP contribution in [-0.4, -0.2) is 30.0 Å². The Morgan fingerprint density at radius 1 is 0.969 bits per heavy atom. The fraction of sp³-hybridized carbons (Fsp3) is 0.167. The molecule has 0 saturated carbocycles. The van der Waals surface area contributed by atoms with Crippen molar-refractivity contribution in [3.05, 3.63) is 106 Å². The predicted molar refractivity (Wildman–Crippen MR) is 117 cm³/mol. The maximum Gasteiger partial charge on any atom is 0.328 e. The van der Waals surface area contributed by atoms with Crippen LogP contribution in [0.1, 0.15) is 21.5 Å². The lowest BCUT2D eigenvalue weighted by atomic mass is 10.0. The highest BCUT2D eigenvalue weighted by Gasteiger charge is 2.23. The minimum atomic E-state index is -0.956. The Kier molecular flexibility index (Phi) is 7.53. The summed E-state index contributed by atoms with van der Waals surface area (Å²) >= 11 is 0. The summed E-state index contributed by atoms with van der Waals surface area (Å²) < 4.78 is 10.6. The van der Waals surface area contributed by atoms with Crippen molar-refractivity contribution < 1.29 is 24.0 Å². The summed E-state index contributed by atoms with van der Waals surface area (Å²) in [6, 6.07) is 21.3. The number of nitrogens with one attached hydrogen (secondary N) is 1. The number of rotatable bonds is 9. The third kappa shape index (κ3) is 6.15. The topological polar surface area (TPSA) is 108 Å². The lowest BCUT2D eigenvalue weighted by Gasteiger charge is -2.17. The van der Waals surface area contributed by atoms with Crippen LogP contribution in [0, 0.1) is 10.1 Å². The van der Waals surface area contributed by atoms with E-state index in [2.05, 4.69) is 5.32 Å². The zero-order valence-electron chi connectivity index (χ0n) is 17.4. The average molecular weight is 434 g/mol. The van der Waals surface area contributed by atoms with Gasteiger partial charge >= 0.3 is 5.97 Å². The maximum absolute atomic E-state index is 12.6. The summed E-state index contributed by atoms with van der Waals surface area (Å²) in [4.78, 5) is 35.1. The highest BCUT2D eigenvalue weighted by molar-refractivity contribution is 5.97. The van der Waals surface area contributed by atoms with Crippen LogP contribution >= 0.6 is 0 Å². The molecule has 0 heterocycles. The molecule has 0 aliphatic heterocycles. The number of methoxy groups -OCH3 is 1. The van der Waals surface area contributed by atoms with Crippen LogP contribution in [0.4, 0.5) is 5.69 Å². The number of amides is 1. The summed E-state index contributed by atoms with van der Waals surface area (Å²) in [5, 5.41) is 13.5. The van der Waals surface area contributed by atoms with Crippen LogP contribution in [-0.2, 0) is 22.6 Å². The number of esters is 1. The molecule has 1 atom stereocenters. The second-order valence-corrected chi connectivity index (χ2v) is 6.98. The molecule has 3 aromatic rings. The van der Waals surface area contributed by atoms with E-state index in [1.807, 2.05) is 30.3 Å². The van der Waals surface area contributed by atoms with Crippen molar-refractivity contribution in [1.29, 1.82) is 0 Å². The first-order chi connectivity index (χ1) is 15.5. The molecule has 1 N–H and O–H groups in total. The number of non-ortho nitro benzene ring substituents is 1. The van der Waals surface area contributed by atoms with Gasteiger partial charge < -0.3 is 14.8 Å². The van der Waals surface area contributed by atoms with Gasteiger partial charge in [-0.2, -0.15) is 0 Å². The van der Waals surface area contributed by atoms with Crippen LogP contribution < -0.4 is 10.1 Å². The molecule has 164 valence electrons. The van der Waals surface area contributed by atoms with Gasteiger partial charge in [-0.05, 0) is 29.3 Å². The lowest BCUT2D eigenvalue weighted by Crippen LogP contribution is -2.43. The molecule has 0 unspecified atom stereocenters. The van der Waals surface area contributed by atoms with Gasteiger partial charge in [0.15, 0.2) is 0 Å². The zero-order chi connectivity index (χ0) is 22.9. The molecule has 0 bridgehead atoms. The summed E-state index contributed by atoms with van der Waals surface area (Å²) in [7, 11) is 1.23. The molecule has 3 rings (SSSR count). The Balaban J connectivity index is 1.65. The fourth-order valence-corrected chi connectivity index (χ4v) is 3.04. The molecule has 32 heavy (non-hydrogen) atoms. The number of nitro benzene ring substituents is 1. The number of carbonyl (C=O) groups is 2. The Hall–Kier alpha value is -4.20. The van der Waals surface area contributed by atoms with Crippen LogP contribution in [0.3, 0.4) is 0 Å². The van der Waals surface area contributed by atoms with E-state index >= 15 is 0 Å². The third-order valence-corrected chi connectivity index (χ3v) is 4.72. The molecule has 8 nitrogen and oxygen atoms in total. The Labute approximate surface area is 184 Å². The van der Waals surface area contributed by atoms with Gasteiger partial charge in [0.05, 0.1) is 12.0 Å². The molecule has 0 aromatic heterocycles. The molecule has 0 aliphatic carbocycles. The van der Waals surface area contributed by atoms with Crippen molar-refractivity contribution in [3.8, 4) is 5.75 Å². The van der Waals surface area contributed by atoms with Crippen LogP contribution in [0.5, 0.6) is 5.75 Å². The molecule has 0 radical (unpaired) electrons. The Morgan fingerprint density at radius 2 is 1.69 bits per heavy atom. The summed E-state index contributed by atoms with van der Waals surface area (Å²) in [6.07, 6.45) is 0.187. The number of benzene rings is 3. The second-order valence-electron chi connectivity index (χ2n) is 6.98. The Bertz CT molecular complexity index is 1080. The molecule has 1 amide bonds. The maximum atomic E-state index is 12.6. The number of hydrogen-bond donors (Lipinski definition) is 1. The van der Waals surface area contributed by atoms with Gasteiger partial charge in [0.1, 0.15) is 18.4 Å². The molecule has 0 saturated heterocycles. The highest BCUT2D eigenvalue weighted by Crippen LogP contribution is 2.17. The van der Waals surface area contributed by atoms with E-state index in [1.54, 1.807) is 24.3 Å². The lowest BCUT2D eigenvalue weighted by molar-refractivity contribution is -0.384. The van der Waals surface area contributed by atoms with E-state index in [-0.39, 0.29) is 17.7 Å². The normalized spacial score (nSPS) is 11.3. The predicted octanol–water partition coefficient (Wildman–Crippen LogP) is 3.69. The number of nitro groups is 1. The van der Waals surface area contributed by atoms with Crippen LogP contribution in [0.2, 0.25) is 0 Å². The zero-order valence-corrected chi connectivity index (χ0v) is 17.4. The van der Waals surface area contributed by atoms with E-state index < -0.39 is 22.8 Å². The van der Waals surface area contributed by atoms with Gasteiger partial charge in [0.2, 0.25) is 0 Å². The number of nitrogens with zero attached hydrogens (tertiary/aromatic N) is 1. The van der Waals surface area contributed by atoms with Gasteiger partial charge in [0.25, 0.3) is 11.6 Å². The van der Waals surface area contributed by atoms with Crippen molar-refractivity contribution in [2.45, 2.75) is 19.1 Å².